The van der Waals surface area contributed by atoms with Crippen molar-refractivity contribution in [3.8, 4) is 33.8 Å². The molecule has 0 spiro atoms. The van der Waals surface area contributed by atoms with Crippen LogP contribution < -0.4 is 9.47 Å². The van der Waals surface area contributed by atoms with E-state index in [1.807, 2.05) is 24.3 Å². The molecule has 0 saturated carbocycles. The highest BCUT2D eigenvalue weighted by Gasteiger charge is 2.10. The van der Waals surface area contributed by atoms with Crippen molar-refractivity contribution in [2.24, 2.45) is 0 Å². The van der Waals surface area contributed by atoms with E-state index in [4.69, 9.17) is 9.47 Å². The highest BCUT2D eigenvalue weighted by Crippen LogP contribution is 2.29. The monoisotopic (exact) mass is 406 g/mol. The Morgan fingerprint density at radius 1 is 0.600 bits per heavy atom. The maximum absolute atomic E-state index is 12.7. The number of benzene rings is 3. The molecule has 150 valence electrons. The molecule has 0 aliphatic carbocycles. The molecule has 4 nitrogen and oxygen atoms in total. The fourth-order valence-electron chi connectivity index (χ4n) is 2.63. The molecule has 0 aliphatic rings. The van der Waals surface area contributed by atoms with Crippen molar-refractivity contribution in [2.75, 3.05) is 0 Å². The van der Waals surface area contributed by atoms with Crippen LogP contribution in [0.3, 0.4) is 0 Å². The molecule has 0 amide bonds. The molecule has 0 aliphatic heterocycles. The molecule has 0 fully saturated rings. The third kappa shape index (κ3) is 5.05. The van der Waals surface area contributed by atoms with Crippen molar-refractivity contribution in [1.29, 1.82) is 0 Å². The molecule has 30 heavy (non-hydrogen) atoms. The zero-order chi connectivity index (χ0) is 21.7. The summed E-state index contributed by atoms with van der Waals surface area (Å²) in [6, 6.07) is 20.9. The first-order valence-corrected chi connectivity index (χ1v) is 8.77. The third-order valence-electron chi connectivity index (χ3n) is 4.10. The SMILES string of the molecule is C=C(F)C(=O)Oc1ccc(-c2cccc(-c3ccc(OC(=O)C(=C)F)cc3)c2)cc1. The molecule has 3 aromatic carbocycles. The first kappa shape index (κ1) is 20.7. The van der Waals surface area contributed by atoms with Crippen LogP contribution in [0.1, 0.15) is 0 Å². The van der Waals surface area contributed by atoms with Crippen LogP contribution in [0.2, 0.25) is 0 Å². The molecular formula is C24H16F2O4. The number of halogens is 2. The minimum atomic E-state index is -1.16. The summed E-state index contributed by atoms with van der Waals surface area (Å²) in [6.45, 7) is 5.79. The molecule has 0 heterocycles. The molecule has 0 unspecified atom stereocenters. The summed E-state index contributed by atoms with van der Waals surface area (Å²) >= 11 is 0. The van der Waals surface area contributed by atoms with Crippen LogP contribution in [0.25, 0.3) is 22.3 Å². The van der Waals surface area contributed by atoms with E-state index in [9.17, 15) is 18.4 Å². The van der Waals surface area contributed by atoms with Gasteiger partial charge in [-0.1, -0.05) is 55.6 Å². The van der Waals surface area contributed by atoms with Gasteiger partial charge in [0.1, 0.15) is 11.5 Å². The average molecular weight is 406 g/mol. The van der Waals surface area contributed by atoms with Crippen molar-refractivity contribution in [3.63, 3.8) is 0 Å². The summed E-state index contributed by atoms with van der Waals surface area (Å²) in [5, 5.41) is 0. The van der Waals surface area contributed by atoms with E-state index in [0.29, 0.717) is 0 Å². The second-order valence-corrected chi connectivity index (χ2v) is 6.22. The minimum Gasteiger partial charge on any atom is -0.421 e. The Labute approximate surface area is 171 Å². The molecule has 0 atom stereocenters. The number of carbonyl (C=O) groups is 2. The Kier molecular flexibility index (Phi) is 6.17. The van der Waals surface area contributed by atoms with Gasteiger partial charge in [0.05, 0.1) is 0 Å². The smallest absolute Gasteiger partial charge is 0.371 e. The molecule has 0 N–H and O–H groups in total. The summed E-state index contributed by atoms with van der Waals surface area (Å²) < 4.78 is 35.1. The summed E-state index contributed by atoms with van der Waals surface area (Å²) in [7, 11) is 0. The standard InChI is InChI=1S/C24H16F2O4/c1-15(25)23(27)29-21-10-6-17(7-11-21)19-4-3-5-20(14-19)18-8-12-22(13-9-18)30-24(28)16(2)26/h3-14H,1-2H2. The Hall–Kier alpha value is -4.06. The lowest BCUT2D eigenvalue weighted by atomic mass is 9.99. The topological polar surface area (TPSA) is 52.6 Å². The van der Waals surface area contributed by atoms with Gasteiger partial charge < -0.3 is 9.47 Å². The normalized spacial score (nSPS) is 10.2. The van der Waals surface area contributed by atoms with Crippen molar-refractivity contribution in [1.82, 2.24) is 0 Å². The minimum absolute atomic E-state index is 0.208. The van der Waals surface area contributed by atoms with E-state index >= 15 is 0 Å². The molecule has 0 saturated heterocycles. The average Bonchev–Trinajstić information content (AvgIpc) is 2.74. The van der Waals surface area contributed by atoms with Crippen molar-refractivity contribution < 1.29 is 27.8 Å². The second kappa shape index (κ2) is 8.96. The van der Waals surface area contributed by atoms with E-state index < -0.39 is 23.6 Å². The number of ether oxygens (including phenoxy) is 2. The van der Waals surface area contributed by atoms with E-state index in [2.05, 4.69) is 13.2 Å². The van der Waals surface area contributed by atoms with Gasteiger partial charge in [-0.05, 0) is 52.6 Å². The first-order valence-electron chi connectivity index (χ1n) is 8.77. The lowest BCUT2D eigenvalue weighted by Gasteiger charge is -2.08. The molecular weight excluding hydrogens is 390 g/mol. The Balaban J connectivity index is 1.77. The Bertz CT molecular complexity index is 1030. The number of rotatable bonds is 6. The quantitative estimate of drug-likeness (QED) is 0.295. The lowest BCUT2D eigenvalue weighted by Crippen LogP contribution is -2.07. The fourth-order valence-corrected chi connectivity index (χ4v) is 2.63. The van der Waals surface area contributed by atoms with Gasteiger partial charge in [0.15, 0.2) is 0 Å². The molecule has 3 aromatic rings. The van der Waals surface area contributed by atoms with Crippen LogP contribution >= 0.6 is 0 Å². The zero-order valence-corrected chi connectivity index (χ0v) is 15.7. The van der Waals surface area contributed by atoms with E-state index in [1.54, 1.807) is 48.5 Å². The van der Waals surface area contributed by atoms with Crippen LogP contribution in [-0.2, 0) is 9.59 Å². The predicted octanol–water partition coefficient (Wildman–Crippen LogP) is 5.80. The Morgan fingerprint density at radius 3 is 1.30 bits per heavy atom. The van der Waals surface area contributed by atoms with E-state index in [0.717, 1.165) is 22.3 Å². The summed E-state index contributed by atoms with van der Waals surface area (Å²) in [5.41, 5.74) is 3.54. The lowest BCUT2D eigenvalue weighted by molar-refractivity contribution is -0.132. The highest BCUT2D eigenvalue weighted by molar-refractivity contribution is 5.87. The Morgan fingerprint density at radius 2 is 0.967 bits per heavy atom. The van der Waals surface area contributed by atoms with Gasteiger partial charge in [-0.15, -0.1) is 0 Å². The summed E-state index contributed by atoms with van der Waals surface area (Å²) in [4.78, 5) is 22.5. The molecule has 0 radical (unpaired) electrons. The molecule has 3 rings (SSSR count). The van der Waals surface area contributed by atoms with Gasteiger partial charge in [0, 0.05) is 0 Å². The largest absolute Gasteiger partial charge is 0.421 e. The molecule has 6 heteroatoms. The maximum Gasteiger partial charge on any atom is 0.371 e. The summed E-state index contributed by atoms with van der Waals surface area (Å²) in [6.07, 6.45) is 0. The number of hydrogen-bond donors (Lipinski definition) is 0. The van der Waals surface area contributed by atoms with Gasteiger partial charge in [0.25, 0.3) is 0 Å². The van der Waals surface area contributed by atoms with Crippen molar-refractivity contribution in [3.05, 3.63) is 97.6 Å². The first-order chi connectivity index (χ1) is 14.3. The molecule has 0 bridgehead atoms. The number of carbonyl (C=O) groups excluding carboxylic acids is 2. The third-order valence-corrected chi connectivity index (χ3v) is 4.10. The van der Waals surface area contributed by atoms with Gasteiger partial charge in [-0.25, -0.2) is 9.59 Å². The second-order valence-electron chi connectivity index (χ2n) is 6.22. The number of esters is 2. The van der Waals surface area contributed by atoms with Crippen LogP contribution in [0, 0.1) is 0 Å². The highest BCUT2D eigenvalue weighted by atomic mass is 19.1. The predicted molar refractivity (Wildman–Crippen MR) is 109 cm³/mol. The van der Waals surface area contributed by atoms with Gasteiger partial charge >= 0.3 is 11.9 Å². The van der Waals surface area contributed by atoms with Crippen molar-refractivity contribution >= 4 is 11.9 Å². The van der Waals surface area contributed by atoms with Crippen LogP contribution in [0.5, 0.6) is 11.5 Å². The molecule has 0 aromatic heterocycles. The fraction of sp³-hybridized carbons (Fsp3) is 0. The van der Waals surface area contributed by atoms with Gasteiger partial charge in [0.2, 0.25) is 11.7 Å². The summed E-state index contributed by atoms with van der Waals surface area (Å²) in [5.74, 6) is -4.17. The maximum atomic E-state index is 12.7. The van der Waals surface area contributed by atoms with Crippen LogP contribution in [0.15, 0.2) is 97.6 Å². The number of hydrogen-bond acceptors (Lipinski definition) is 4. The van der Waals surface area contributed by atoms with Crippen molar-refractivity contribution in [2.45, 2.75) is 0 Å². The zero-order valence-electron chi connectivity index (χ0n) is 15.7. The van der Waals surface area contributed by atoms with Crippen LogP contribution in [0.4, 0.5) is 8.78 Å². The van der Waals surface area contributed by atoms with E-state index in [-0.39, 0.29) is 11.5 Å². The van der Waals surface area contributed by atoms with E-state index in [1.165, 1.54) is 0 Å². The van der Waals surface area contributed by atoms with Gasteiger partial charge in [-0.3, -0.25) is 0 Å². The van der Waals surface area contributed by atoms with Gasteiger partial charge in [-0.2, -0.15) is 8.78 Å². The van der Waals surface area contributed by atoms with Crippen LogP contribution in [-0.4, -0.2) is 11.9 Å².